The molecule has 0 saturated carbocycles. The van der Waals surface area contributed by atoms with Crippen LogP contribution in [0.15, 0.2) is 65.8 Å². The van der Waals surface area contributed by atoms with Gasteiger partial charge in [0.1, 0.15) is 0 Å². The first kappa shape index (κ1) is 21.6. The first-order valence-corrected chi connectivity index (χ1v) is 11.2. The number of pyridine rings is 1. The topological polar surface area (TPSA) is 78.0 Å². The number of amides is 1. The molecule has 3 heterocycles. The van der Waals surface area contributed by atoms with Gasteiger partial charge in [-0.15, -0.1) is 0 Å². The predicted molar refractivity (Wildman–Crippen MR) is 133 cm³/mol. The maximum Gasteiger partial charge on any atom is 0.333 e. The molecule has 1 amide bonds. The van der Waals surface area contributed by atoms with Gasteiger partial charge in [0.2, 0.25) is 0 Å². The van der Waals surface area contributed by atoms with Gasteiger partial charge >= 0.3 is 5.69 Å². The minimum absolute atomic E-state index is 0.0627. The zero-order valence-electron chi connectivity index (χ0n) is 19.7. The Kier molecular flexibility index (Phi) is 5.28. The van der Waals surface area contributed by atoms with E-state index in [-0.39, 0.29) is 11.6 Å². The highest BCUT2D eigenvalue weighted by molar-refractivity contribution is 5.98. The van der Waals surface area contributed by atoms with Crippen molar-refractivity contribution in [2.24, 2.45) is 14.1 Å². The van der Waals surface area contributed by atoms with Crippen molar-refractivity contribution in [1.82, 2.24) is 28.8 Å². The fraction of sp³-hybridized carbons (Fsp3) is 0.231. The van der Waals surface area contributed by atoms with Crippen molar-refractivity contribution in [2.75, 3.05) is 13.6 Å². The van der Waals surface area contributed by atoms with Crippen LogP contribution in [0, 0.1) is 0 Å². The molecule has 0 spiro atoms. The van der Waals surface area contributed by atoms with Gasteiger partial charge in [-0.3, -0.25) is 23.6 Å². The van der Waals surface area contributed by atoms with Crippen molar-refractivity contribution < 1.29 is 4.79 Å². The van der Waals surface area contributed by atoms with E-state index in [9.17, 15) is 9.59 Å². The van der Waals surface area contributed by atoms with Crippen LogP contribution in [0.4, 0.5) is 0 Å². The number of hydrogen-bond acceptors (Lipinski definition) is 4. The number of carbonyl (C=O) groups is 1. The average Bonchev–Trinajstić information content (AvgIpc) is 3.38. The van der Waals surface area contributed by atoms with Crippen LogP contribution >= 0.6 is 0 Å². The van der Waals surface area contributed by atoms with Gasteiger partial charge in [-0.1, -0.05) is 19.1 Å². The minimum Gasteiger partial charge on any atom is -0.342 e. The molecule has 0 N–H and O–H groups in total. The lowest BCUT2D eigenvalue weighted by molar-refractivity contribution is 0.0795. The molecule has 0 radical (unpaired) electrons. The zero-order valence-corrected chi connectivity index (χ0v) is 19.7. The first-order chi connectivity index (χ1) is 16.4. The summed E-state index contributed by atoms with van der Waals surface area (Å²) in [4.78, 5) is 32.6. The lowest BCUT2D eigenvalue weighted by Gasteiger charge is -2.16. The smallest absolute Gasteiger partial charge is 0.333 e. The van der Waals surface area contributed by atoms with Crippen LogP contribution in [0.3, 0.4) is 0 Å². The highest BCUT2D eigenvalue weighted by atomic mass is 16.2. The summed E-state index contributed by atoms with van der Waals surface area (Å²) in [6.07, 6.45) is 6.37. The van der Waals surface area contributed by atoms with Gasteiger partial charge in [-0.25, -0.2) is 4.79 Å². The lowest BCUT2D eigenvalue weighted by Crippen LogP contribution is -2.27. The summed E-state index contributed by atoms with van der Waals surface area (Å²) in [5, 5.41) is 6.05. The monoisotopic (exact) mass is 454 g/mol. The van der Waals surface area contributed by atoms with Gasteiger partial charge in [-0.05, 0) is 42.1 Å². The summed E-state index contributed by atoms with van der Waals surface area (Å²) >= 11 is 0. The van der Waals surface area contributed by atoms with E-state index < -0.39 is 0 Å². The van der Waals surface area contributed by atoms with E-state index in [1.165, 1.54) is 0 Å². The number of nitrogens with zero attached hydrogens (tertiary/aromatic N) is 6. The van der Waals surface area contributed by atoms with Gasteiger partial charge in [0.15, 0.2) is 0 Å². The largest absolute Gasteiger partial charge is 0.342 e. The lowest BCUT2D eigenvalue weighted by atomic mass is 10.1. The molecule has 0 aliphatic carbocycles. The Hall–Kier alpha value is -4.20. The second kappa shape index (κ2) is 8.30. The fourth-order valence-electron chi connectivity index (χ4n) is 4.43. The Morgan fingerprint density at radius 1 is 1.06 bits per heavy atom. The van der Waals surface area contributed by atoms with E-state index in [1.54, 1.807) is 51.3 Å². The minimum atomic E-state index is -0.176. The van der Waals surface area contributed by atoms with Crippen molar-refractivity contribution in [3.05, 3.63) is 77.1 Å². The number of benzene rings is 2. The van der Waals surface area contributed by atoms with Crippen LogP contribution in [0.2, 0.25) is 0 Å². The zero-order chi connectivity index (χ0) is 24.0. The summed E-state index contributed by atoms with van der Waals surface area (Å²) < 4.78 is 5.01. The molecule has 0 bridgehead atoms. The SMILES string of the molecule is CCCN(C)C(=O)c1ccc2c(c1)n(-c1cccc3cc(-c4cnn(C)c4)ncc13)c(=O)n2C. The van der Waals surface area contributed by atoms with Gasteiger partial charge in [-0.2, -0.15) is 5.10 Å². The van der Waals surface area contributed by atoms with Crippen molar-refractivity contribution in [3.63, 3.8) is 0 Å². The summed E-state index contributed by atoms with van der Waals surface area (Å²) in [5.74, 6) is -0.0627. The molecule has 34 heavy (non-hydrogen) atoms. The van der Waals surface area contributed by atoms with E-state index in [4.69, 9.17) is 0 Å². The molecule has 3 aromatic heterocycles. The third-order valence-corrected chi connectivity index (χ3v) is 6.19. The third kappa shape index (κ3) is 3.48. The van der Waals surface area contributed by atoms with Gasteiger partial charge in [0, 0.05) is 56.6 Å². The Morgan fingerprint density at radius 2 is 1.88 bits per heavy atom. The highest BCUT2D eigenvalue weighted by Gasteiger charge is 2.18. The van der Waals surface area contributed by atoms with E-state index in [2.05, 4.69) is 10.1 Å². The quantitative estimate of drug-likeness (QED) is 0.405. The maximum atomic E-state index is 13.3. The Bertz CT molecular complexity index is 1610. The molecule has 0 unspecified atom stereocenters. The summed E-state index contributed by atoms with van der Waals surface area (Å²) in [7, 11) is 5.41. The van der Waals surface area contributed by atoms with E-state index in [0.717, 1.165) is 39.7 Å². The van der Waals surface area contributed by atoms with Crippen LogP contribution in [0.5, 0.6) is 0 Å². The molecule has 0 atom stereocenters. The second-order valence-electron chi connectivity index (χ2n) is 8.58. The first-order valence-electron chi connectivity index (χ1n) is 11.2. The number of fused-ring (bicyclic) bond motifs is 2. The van der Waals surface area contributed by atoms with E-state index in [1.807, 2.05) is 56.6 Å². The summed E-state index contributed by atoms with van der Waals surface area (Å²) in [5.41, 5.74) is 4.30. The van der Waals surface area contributed by atoms with Crippen LogP contribution in [-0.4, -0.2) is 48.3 Å². The molecule has 8 nitrogen and oxygen atoms in total. The molecule has 0 aliphatic rings. The van der Waals surface area contributed by atoms with Crippen molar-refractivity contribution in [3.8, 4) is 16.9 Å². The van der Waals surface area contributed by atoms with Crippen molar-refractivity contribution in [1.29, 1.82) is 0 Å². The summed E-state index contributed by atoms with van der Waals surface area (Å²) in [6.45, 7) is 2.71. The van der Waals surface area contributed by atoms with Crippen molar-refractivity contribution >= 4 is 27.7 Å². The Labute approximate surface area is 196 Å². The van der Waals surface area contributed by atoms with E-state index >= 15 is 0 Å². The van der Waals surface area contributed by atoms with E-state index in [0.29, 0.717) is 17.6 Å². The number of imidazole rings is 1. The Morgan fingerprint density at radius 3 is 2.62 bits per heavy atom. The molecule has 8 heteroatoms. The fourth-order valence-corrected chi connectivity index (χ4v) is 4.43. The van der Waals surface area contributed by atoms with Gasteiger partial charge in [0.25, 0.3) is 5.91 Å². The van der Waals surface area contributed by atoms with Crippen LogP contribution in [0.1, 0.15) is 23.7 Å². The highest BCUT2D eigenvalue weighted by Crippen LogP contribution is 2.28. The molecular formula is C26H26N6O2. The maximum absolute atomic E-state index is 13.3. The number of aromatic nitrogens is 5. The number of aryl methyl sites for hydroxylation is 2. The predicted octanol–water partition coefficient (Wildman–Crippen LogP) is 3.76. The molecule has 0 fully saturated rings. The second-order valence-corrected chi connectivity index (χ2v) is 8.58. The number of rotatable bonds is 5. The number of carbonyl (C=O) groups excluding carboxylic acids is 1. The molecule has 5 aromatic rings. The molecule has 172 valence electrons. The Balaban J connectivity index is 1.69. The van der Waals surface area contributed by atoms with Gasteiger partial charge in [0.05, 0.1) is 28.6 Å². The normalized spacial score (nSPS) is 11.4. The molecule has 5 rings (SSSR count). The van der Waals surface area contributed by atoms with Gasteiger partial charge < -0.3 is 4.90 Å². The van der Waals surface area contributed by atoms with Crippen LogP contribution < -0.4 is 5.69 Å². The standard InChI is InChI=1S/C26H26N6O2/c1-5-11-29(2)25(33)18-9-10-23-24(13-18)32(26(34)31(23)4)22-8-6-7-17-12-21(27-15-20(17)22)19-14-28-30(3)16-19/h6-10,12-16H,5,11H2,1-4H3. The molecule has 2 aromatic carbocycles. The molecule has 0 aliphatic heterocycles. The van der Waals surface area contributed by atoms with Crippen LogP contribution in [0.25, 0.3) is 38.8 Å². The third-order valence-electron chi connectivity index (χ3n) is 6.19. The average molecular weight is 455 g/mol. The molecular weight excluding hydrogens is 428 g/mol. The van der Waals surface area contributed by atoms with Crippen molar-refractivity contribution in [2.45, 2.75) is 13.3 Å². The van der Waals surface area contributed by atoms with Crippen LogP contribution in [-0.2, 0) is 14.1 Å². The number of hydrogen-bond donors (Lipinski definition) is 0. The molecule has 0 saturated heterocycles. The summed E-state index contributed by atoms with van der Waals surface area (Å²) in [6, 6.07) is 13.3.